The van der Waals surface area contributed by atoms with Gasteiger partial charge in [-0.1, -0.05) is 49.4 Å². The highest BCUT2D eigenvalue weighted by Gasteiger charge is 2.51. The van der Waals surface area contributed by atoms with E-state index in [0.717, 1.165) is 11.2 Å². The Morgan fingerprint density at radius 2 is 1.69 bits per heavy atom. The molecule has 0 aromatic heterocycles. The van der Waals surface area contributed by atoms with E-state index in [2.05, 4.69) is 10.6 Å². The monoisotopic (exact) mass is 415 g/mol. The number of para-hydroxylation sites is 1. The fourth-order valence-electron chi connectivity index (χ4n) is 3.36. The van der Waals surface area contributed by atoms with Crippen LogP contribution in [0.3, 0.4) is 0 Å². The molecule has 2 N–H and O–H groups in total. The average Bonchev–Trinajstić information content (AvgIpc) is 2.93. The normalized spacial score (nSPS) is 19.2. The van der Waals surface area contributed by atoms with Gasteiger partial charge in [0.2, 0.25) is 5.91 Å². The lowest BCUT2D eigenvalue weighted by atomic mass is 9.87. The topological polar surface area (TPSA) is 113 Å². The molecule has 29 heavy (non-hydrogen) atoms. The molecule has 1 fully saturated rings. The zero-order chi connectivity index (χ0) is 21.2. The van der Waals surface area contributed by atoms with Gasteiger partial charge in [-0.15, -0.1) is 0 Å². The van der Waals surface area contributed by atoms with Crippen LogP contribution in [0, 0.1) is 0 Å². The summed E-state index contributed by atoms with van der Waals surface area (Å²) in [5.41, 5.74) is -0.508. The molecule has 152 valence electrons. The minimum Gasteiger partial charge on any atom is -0.323 e. The van der Waals surface area contributed by atoms with E-state index in [1.54, 1.807) is 49.4 Å². The minimum absolute atomic E-state index is 0.0438. The van der Waals surface area contributed by atoms with Crippen molar-refractivity contribution in [3.05, 3.63) is 60.2 Å². The van der Waals surface area contributed by atoms with Crippen molar-refractivity contribution in [2.75, 3.05) is 18.1 Å². The van der Waals surface area contributed by atoms with E-state index in [1.807, 2.05) is 0 Å². The first-order valence-corrected chi connectivity index (χ1v) is 10.9. The van der Waals surface area contributed by atoms with Gasteiger partial charge < -0.3 is 10.6 Å². The molecule has 2 aromatic rings. The van der Waals surface area contributed by atoms with Gasteiger partial charge in [-0.05, 0) is 24.1 Å². The summed E-state index contributed by atoms with van der Waals surface area (Å²) in [5, 5.41) is 5.18. The molecule has 1 heterocycles. The largest absolute Gasteiger partial charge is 0.325 e. The Kier molecular flexibility index (Phi) is 5.43. The summed E-state index contributed by atoms with van der Waals surface area (Å²) in [7, 11) is -3.56. The zero-order valence-corrected chi connectivity index (χ0v) is 16.8. The molecule has 0 spiro atoms. The molecular weight excluding hydrogens is 394 g/mol. The molecular formula is C20H21N3O5S. The van der Waals surface area contributed by atoms with E-state index in [0.29, 0.717) is 12.0 Å². The quantitative estimate of drug-likeness (QED) is 0.700. The molecule has 2 aromatic carbocycles. The first-order chi connectivity index (χ1) is 13.7. The van der Waals surface area contributed by atoms with Crippen molar-refractivity contribution < 1.29 is 22.8 Å². The van der Waals surface area contributed by atoms with E-state index in [4.69, 9.17) is 0 Å². The second-order valence-electron chi connectivity index (χ2n) is 6.76. The van der Waals surface area contributed by atoms with E-state index in [9.17, 15) is 22.8 Å². The van der Waals surface area contributed by atoms with Crippen molar-refractivity contribution in [2.45, 2.75) is 23.8 Å². The maximum absolute atomic E-state index is 13.1. The third-order valence-corrected chi connectivity index (χ3v) is 5.99. The van der Waals surface area contributed by atoms with Crippen LogP contribution in [0.25, 0.3) is 0 Å². The molecule has 0 radical (unpaired) electrons. The first-order valence-electron chi connectivity index (χ1n) is 8.97. The lowest BCUT2D eigenvalue weighted by Gasteiger charge is -2.25. The maximum Gasteiger partial charge on any atom is 0.325 e. The van der Waals surface area contributed by atoms with E-state index < -0.39 is 39.8 Å². The second kappa shape index (κ2) is 7.67. The number of urea groups is 1. The van der Waals surface area contributed by atoms with Crippen molar-refractivity contribution in [3.8, 4) is 0 Å². The smallest absolute Gasteiger partial charge is 0.323 e. The summed E-state index contributed by atoms with van der Waals surface area (Å²) in [6.07, 6.45) is 1.35. The number of benzene rings is 2. The van der Waals surface area contributed by atoms with Crippen LogP contribution in [0.2, 0.25) is 0 Å². The van der Waals surface area contributed by atoms with Crippen molar-refractivity contribution in [3.63, 3.8) is 0 Å². The number of nitrogens with zero attached hydrogens (tertiary/aromatic N) is 1. The van der Waals surface area contributed by atoms with Crippen molar-refractivity contribution in [2.24, 2.45) is 0 Å². The van der Waals surface area contributed by atoms with Gasteiger partial charge in [-0.3, -0.25) is 14.5 Å². The number of rotatable bonds is 6. The highest BCUT2D eigenvalue weighted by Crippen LogP contribution is 2.32. The highest BCUT2D eigenvalue weighted by molar-refractivity contribution is 7.90. The predicted molar refractivity (Wildman–Crippen MR) is 107 cm³/mol. The lowest BCUT2D eigenvalue weighted by Crippen LogP contribution is -2.44. The summed E-state index contributed by atoms with van der Waals surface area (Å²) < 4.78 is 23.8. The van der Waals surface area contributed by atoms with Gasteiger partial charge in [-0.25, -0.2) is 13.2 Å². The Morgan fingerprint density at radius 1 is 1.07 bits per heavy atom. The van der Waals surface area contributed by atoms with Crippen LogP contribution in [-0.4, -0.2) is 44.0 Å². The van der Waals surface area contributed by atoms with Crippen LogP contribution in [-0.2, 0) is 25.0 Å². The summed E-state index contributed by atoms with van der Waals surface area (Å²) >= 11 is 0. The number of sulfone groups is 1. The second-order valence-corrected chi connectivity index (χ2v) is 8.75. The van der Waals surface area contributed by atoms with E-state index >= 15 is 0 Å². The number of amides is 4. The molecule has 3 rings (SSSR count). The van der Waals surface area contributed by atoms with Crippen LogP contribution in [0.1, 0.15) is 18.9 Å². The van der Waals surface area contributed by atoms with Crippen LogP contribution in [0.5, 0.6) is 0 Å². The number of carbonyl (C=O) groups is 3. The number of carbonyl (C=O) groups excluding carboxylic acids is 3. The fraction of sp³-hybridized carbons (Fsp3) is 0.250. The number of anilines is 1. The molecule has 0 aliphatic carbocycles. The Bertz CT molecular complexity index is 1070. The molecule has 1 atom stereocenters. The fourth-order valence-corrected chi connectivity index (χ4v) is 4.20. The molecule has 8 nitrogen and oxygen atoms in total. The number of hydrogen-bond acceptors (Lipinski definition) is 5. The summed E-state index contributed by atoms with van der Waals surface area (Å²) in [4.78, 5) is 38.8. The van der Waals surface area contributed by atoms with Gasteiger partial charge in [0.05, 0.1) is 10.6 Å². The standard InChI is InChI=1S/C20H21N3O5S/c1-3-20(14-9-5-4-6-10-14)18(25)23(19(26)22-20)13-17(24)21-15-11-7-8-12-16(15)29(2,27)28/h4-12H,3,13H2,1-2H3,(H,21,24)(H,22,26)/t20-/m0/s1. The molecule has 1 aliphatic rings. The minimum atomic E-state index is -3.56. The van der Waals surface area contributed by atoms with Crippen molar-refractivity contribution >= 4 is 33.4 Å². The molecule has 0 bridgehead atoms. The van der Waals surface area contributed by atoms with E-state index in [1.165, 1.54) is 12.1 Å². The summed E-state index contributed by atoms with van der Waals surface area (Å²) in [6, 6.07) is 14.1. The van der Waals surface area contributed by atoms with Gasteiger partial charge in [0, 0.05) is 6.26 Å². The predicted octanol–water partition coefficient (Wildman–Crippen LogP) is 1.89. The number of hydrogen-bond donors (Lipinski definition) is 2. The molecule has 9 heteroatoms. The summed E-state index contributed by atoms with van der Waals surface area (Å²) in [5.74, 6) is -1.20. The van der Waals surface area contributed by atoms with Gasteiger partial charge >= 0.3 is 6.03 Å². The van der Waals surface area contributed by atoms with Crippen molar-refractivity contribution in [1.82, 2.24) is 10.2 Å². The van der Waals surface area contributed by atoms with Crippen molar-refractivity contribution in [1.29, 1.82) is 0 Å². The van der Waals surface area contributed by atoms with Gasteiger partial charge in [0.15, 0.2) is 9.84 Å². The molecule has 0 saturated carbocycles. The summed E-state index contributed by atoms with van der Waals surface area (Å²) in [6.45, 7) is 1.24. The van der Waals surface area contributed by atoms with Gasteiger partial charge in [0.25, 0.3) is 5.91 Å². The SMILES string of the molecule is CC[C@@]1(c2ccccc2)NC(=O)N(CC(=O)Nc2ccccc2S(C)(=O)=O)C1=O. The van der Waals surface area contributed by atoms with Gasteiger partial charge in [0.1, 0.15) is 12.1 Å². The Morgan fingerprint density at radius 3 is 2.31 bits per heavy atom. The van der Waals surface area contributed by atoms with Gasteiger partial charge in [-0.2, -0.15) is 0 Å². The number of imide groups is 1. The molecule has 4 amide bonds. The molecule has 1 aliphatic heterocycles. The highest BCUT2D eigenvalue weighted by atomic mass is 32.2. The Labute approximate surface area is 168 Å². The lowest BCUT2D eigenvalue weighted by molar-refractivity contribution is -0.134. The Balaban J connectivity index is 1.82. The molecule has 0 unspecified atom stereocenters. The third kappa shape index (κ3) is 3.86. The first kappa shape index (κ1) is 20.5. The maximum atomic E-state index is 13.1. The number of nitrogens with one attached hydrogen (secondary N) is 2. The van der Waals surface area contributed by atoms with Crippen LogP contribution >= 0.6 is 0 Å². The zero-order valence-electron chi connectivity index (χ0n) is 16.0. The third-order valence-electron chi connectivity index (χ3n) is 4.83. The average molecular weight is 415 g/mol. The van der Waals surface area contributed by atoms with Crippen LogP contribution < -0.4 is 10.6 Å². The Hall–Kier alpha value is -3.20. The molecule has 1 saturated heterocycles. The van der Waals surface area contributed by atoms with E-state index in [-0.39, 0.29) is 10.6 Å². The van der Waals surface area contributed by atoms with Crippen LogP contribution in [0.15, 0.2) is 59.5 Å². The van der Waals surface area contributed by atoms with Crippen LogP contribution in [0.4, 0.5) is 10.5 Å².